The minimum absolute atomic E-state index is 0.285. The van der Waals surface area contributed by atoms with Crippen molar-refractivity contribution in [3.05, 3.63) is 54.6 Å². The van der Waals surface area contributed by atoms with E-state index < -0.39 is 0 Å². The van der Waals surface area contributed by atoms with Crippen LogP contribution in [0, 0.1) is 5.82 Å². The molecule has 3 rings (SSSR count). The molecular formula is C15H11FN2O. The van der Waals surface area contributed by atoms with E-state index in [-0.39, 0.29) is 5.82 Å². The number of nitrogens with zero attached hydrogens (tertiary/aromatic N) is 2. The maximum atomic E-state index is 13.1. The van der Waals surface area contributed by atoms with Crippen LogP contribution in [-0.4, -0.2) is 17.1 Å². The van der Waals surface area contributed by atoms with Gasteiger partial charge >= 0.3 is 0 Å². The van der Waals surface area contributed by atoms with E-state index in [1.165, 1.54) is 12.1 Å². The van der Waals surface area contributed by atoms with Crippen molar-refractivity contribution in [1.29, 1.82) is 0 Å². The molecular weight excluding hydrogens is 243 g/mol. The second-order valence-corrected chi connectivity index (χ2v) is 4.14. The molecule has 0 spiro atoms. The van der Waals surface area contributed by atoms with Crippen LogP contribution in [-0.2, 0) is 0 Å². The summed E-state index contributed by atoms with van der Waals surface area (Å²) in [4.78, 5) is 8.54. The number of rotatable bonds is 2. The molecule has 0 N–H and O–H groups in total. The van der Waals surface area contributed by atoms with E-state index >= 15 is 0 Å². The van der Waals surface area contributed by atoms with E-state index in [4.69, 9.17) is 4.74 Å². The molecule has 3 aromatic rings. The molecule has 0 atom stereocenters. The maximum absolute atomic E-state index is 13.1. The second-order valence-electron chi connectivity index (χ2n) is 4.14. The zero-order chi connectivity index (χ0) is 13.2. The first-order chi connectivity index (χ1) is 9.26. The molecule has 4 heteroatoms. The van der Waals surface area contributed by atoms with Gasteiger partial charge in [0.15, 0.2) is 0 Å². The Kier molecular flexibility index (Phi) is 2.83. The van der Waals surface area contributed by atoms with E-state index in [1.807, 2.05) is 12.1 Å². The summed E-state index contributed by atoms with van der Waals surface area (Å²) in [5, 5.41) is 0.878. The summed E-state index contributed by atoms with van der Waals surface area (Å²) in [5.41, 5.74) is 2.28. The van der Waals surface area contributed by atoms with Gasteiger partial charge in [-0.15, -0.1) is 0 Å². The van der Waals surface area contributed by atoms with Gasteiger partial charge in [-0.05, 0) is 24.3 Å². The number of benzene rings is 1. The van der Waals surface area contributed by atoms with Crippen LogP contribution in [0.15, 0.2) is 48.8 Å². The average Bonchev–Trinajstić information content (AvgIpc) is 2.46. The zero-order valence-corrected chi connectivity index (χ0v) is 10.3. The number of hydrogen-bond acceptors (Lipinski definition) is 3. The molecule has 2 aromatic heterocycles. The fraction of sp³-hybridized carbons (Fsp3) is 0.0667. The van der Waals surface area contributed by atoms with Gasteiger partial charge in [-0.1, -0.05) is 0 Å². The normalized spacial score (nSPS) is 10.6. The van der Waals surface area contributed by atoms with Crippen molar-refractivity contribution in [2.45, 2.75) is 0 Å². The number of fused-ring (bicyclic) bond motifs is 1. The highest BCUT2D eigenvalue weighted by Crippen LogP contribution is 2.24. The molecule has 0 fully saturated rings. The molecule has 0 unspecified atom stereocenters. The summed E-state index contributed by atoms with van der Waals surface area (Å²) >= 11 is 0. The quantitative estimate of drug-likeness (QED) is 0.702. The smallest absolute Gasteiger partial charge is 0.125 e. The lowest BCUT2D eigenvalue weighted by molar-refractivity contribution is 0.414. The summed E-state index contributed by atoms with van der Waals surface area (Å²) in [6, 6.07) is 10.1. The first-order valence-corrected chi connectivity index (χ1v) is 5.82. The second kappa shape index (κ2) is 4.65. The lowest BCUT2D eigenvalue weighted by Crippen LogP contribution is -1.89. The molecule has 2 heterocycles. The Balaban J connectivity index is 2.12. The van der Waals surface area contributed by atoms with E-state index in [1.54, 1.807) is 31.6 Å². The first kappa shape index (κ1) is 11.6. The predicted molar refractivity (Wildman–Crippen MR) is 71.5 cm³/mol. The molecule has 0 aliphatic carbocycles. The van der Waals surface area contributed by atoms with Crippen LogP contribution in [0.4, 0.5) is 4.39 Å². The van der Waals surface area contributed by atoms with Crippen molar-refractivity contribution in [2.75, 3.05) is 7.11 Å². The van der Waals surface area contributed by atoms with Gasteiger partial charge in [0.2, 0.25) is 0 Å². The fourth-order valence-electron chi connectivity index (χ4n) is 1.93. The van der Waals surface area contributed by atoms with Gasteiger partial charge in [0.25, 0.3) is 0 Å². The van der Waals surface area contributed by atoms with Crippen LogP contribution in [0.5, 0.6) is 5.75 Å². The molecule has 1 aromatic carbocycles. The van der Waals surface area contributed by atoms with Crippen LogP contribution < -0.4 is 4.74 Å². The number of hydrogen-bond donors (Lipinski definition) is 0. The first-order valence-electron chi connectivity index (χ1n) is 5.82. The molecule has 0 amide bonds. The molecule has 0 aliphatic heterocycles. The molecule has 3 nitrogen and oxygen atoms in total. The van der Waals surface area contributed by atoms with Gasteiger partial charge in [0.05, 0.1) is 18.3 Å². The third-order valence-electron chi connectivity index (χ3n) is 2.91. The van der Waals surface area contributed by atoms with Gasteiger partial charge in [0, 0.05) is 35.5 Å². The zero-order valence-electron chi connectivity index (χ0n) is 10.3. The molecule has 0 radical (unpaired) electrons. The molecule has 19 heavy (non-hydrogen) atoms. The van der Waals surface area contributed by atoms with Crippen LogP contribution in [0.3, 0.4) is 0 Å². The highest BCUT2D eigenvalue weighted by molar-refractivity contribution is 5.83. The Morgan fingerprint density at radius 1 is 1.05 bits per heavy atom. The van der Waals surface area contributed by atoms with Crippen molar-refractivity contribution in [1.82, 2.24) is 9.97 Å². The summed E-state index contributed by atoms with van der Waals surface area (Å²) in [6.45, 7) is 0. The van der Waals surface area contributed by atoms with Crippen LogP contribution in [0.1, 0.15) is 0 Å². The highest BCUT2D eigenvalue weighted by Gasteiger charge is 2.04. The Bertz CT molecular complexity index is 743. The molecule has 0 saturated carbocycles. The van der Waals surface area contributed by atoms with Crippen molar-refractivity contribution < 1.29 is 9.13 Å². The lowest BCUT2D eigenvalue weighted by Gasteiger charge is -2.05. The van der Waals surface area contributed by atoms with Gasteiger partial charge in [0.1, 0.15) is 11.6 Å². The van der Waals surface area contributed by atoms with Crippen molar-refractivity contribution in [3.8, 4) is 17.0 Å². The van der Waals surface area contributed by atoms with Crippen molar-refractivity contribution in [3.63, 3.8) is 0 Å². The Morgan fingerprint density at radius 2 is 1.95 bits per heavy atom. The Hall–Kier alpha value is -2.49. The number of halogens is 1. The van der Waals surface area contributed by atoms with Crippen molar-refractivity contribution in [2.24, 2.45) is 0 Å². The predicted octanol–water partition coefficient (Wildman–Crippen LogP) is 3.44. The lowest BCUT2D eigenvalue weighted by atomic mass is 10.1. The number of methoxy groups -OCH3 is 1. The van der Waals surface area contributed by atoms with Crippen LogP contribution >= 0.6 is 0 Å². The maximum Gasteiger partial charge on any atom is 0.125 e. The van der Waals surface area contributed by atoms with Crippen molar-refractivity contribution >= 4 is 10.9 Å². The molecule has 0 bridgehead atoms. The Labute approximate surface area is 109 Å². The minimum Gasteiger partial charge on any atom is -0.497 e. The largest absolute Gasteiger partial charge is 0.497 e. The molecule has 0 aliphatic rings. The van der Waals surface area contributed by atoms with Gasteiger partial charge in [-0.25, -0.2) is 4.39 Å². The van der Waals surface area contributed by atoms with Gasteiger partial charge < -0.3 is 4.74 Å². The number of aromatic nitrogens is 2. The third-order valence-corrected chi connectivity index (χ3v) is 2.91. The number of pyridine rings is 2. The Morgan fingerprint density at radius 3 is 2.79 bits per heavy atom. The van der Waals surface area contributed by atoms with Crippen LogP contribution in [0.25, 0.3) is 22.2 Å². The SMILES string of the molecule is COc1ccnc(-c2cnc3cc(F)ccc3c2)c1. The summed E-state index contributed by atoms with van der Waals surface area (Å²) in [7, 11) is 1.61. The molecule has 0 saturated heterocycles. The topological polar surface area (TPSA) is 35.0 Å². The summed E-state index contributed by atoms with van der Waals surface area (Å²) in [6.07, 6.45) is 3.37. The van der Waals surface area contributed by atoms with E-state index in [0.717, 1.165) is 22.4 Å². The van der Waals surface area contributed by atoms with Crippen LogP contribution in [0.2, 0.25) is 0 Å². The fourth-order valence-corrected chi connectivity index (χ4v) is 1.93. The average molecular weight is 254 g/mol. The highest BCUT2D eigenvalue weighted by atomic mass is 19.1. The van der Waals surface area contributed by atoms with E-state index in [9.17, 15) is 4.39 Å². The summed E-state index contributed by atoms with van der Waals surface area (Å²) < 4.78 is 18.3. The van der Waals surface area contributed by atoms with E-state index in [0.29, 0.717) is 5.52 Å². The third kappa shape index (κ3) is 2.25. The number of ether oxygens (including phenoxy) is 1. The summed E-state index contributed by atoms with van der Waals surface area (Å²) in [5.74, 6) is 0.455. The van der Waals surface area contributed by atoms with Gasteiger partial charge in [-0.2, -0.15) is 0 Å². The van der Waals surface area contributed by atoms with Gasteiger partial charge in [-0.3, -0.25) is 9.97 Å². The standard InChI is InChI=1S/C15H11FN2O/c1-19-13-4-5-17-15(8-13)11-6-10-2-3-12(16)7-14(10)18-9-11/h2-9H,1H3. The van der Waals surface area contributed by atoms with E-state index in [2.05, 4.69) is 9.97 Å². The minimum atomic E-state index is -0.285. The monoisotopic (exact) mass is 254 g/mol. The molecule has 94 valence electrons.